The Morgan fingerprint density at radius 1 is 1.39 bits per heavy atom. The topological polar surface area (TPSA) is 74.2 Å². The van der Waals surface area contributed by atoms with E-state index in [-0.39, 0.29) is 24.0 Å². The molecule has 0 fully saturated rings. The highest BCUT2D eigenvalue weighted by Gasteiger charge is 2.30. The zero-order valence-corrected chi connectivity index (χ0v) is 14.9. The summed E-state index contributed by atoms with van der Waals surface area (Å²) < 4.78 is 0. The number of amides is 1. The Labute approximate surface area is 139 Å². The first kappa shape index (κ1) is 19.6. The molecule has 0 aliphatic rings. The maximum atomic E-state index is 12.4. The summed E-state index contributed by atoms with van der Waals surface area (Å²) in [5.74, 6) is -0.142. The van der Waals surface area contributed by atoms with E-state index in [1.165, 1.54) is 0 Å². The molecule has 5 heteroatoms. The van der Waals surface area contributed by atoms with Crippen molar-refractivity contribution in [3.05, 3.63) is 29.6 Å². The van der Waals surface area contributed by atoms with E-state index in [9.17, 15) is 9.90 Å². The van der Waals surface area contributed by atoms with Crippen molar-refractivity contribution in [2.45, 2.75) is 52.5 Å². The van der Waals surface area contributed by atoms with Crippen molar-refractivity contribution in [2.24, 2.45) is 5.41 Å². The normalized spacial score (nSPS) is 15.0. The number of aliphatic hydroxyl groups is 1. The van der Waals surface area contributed by atoms with Crippen molar-refractivity contribution in [1.29, 1.82) is 0 Å². The van der Waals surface area contributed by atoms with Gasteiger partial charge in [-0.1, -0.05) is 19.9 Å². The molecule has 3 N–H and O–H groups in total. The quantitative estimate of drug-likeness (QED) is 0.618. The van der Waals surface area contributed by atoms with Crippen molar-refractivity contribution in [3.8, 4) is 0 Å². The molecule has 0 aromatic carbocycles. The average molecular weight is 321 g/mol. The fourth-order valence-electron chi connectivity index (χ4n) is 2.82. The van der Waals surface area contributed by atoms with Gasteiger partial charge in [-0.2, -0.15) is 0 Å². The van der Waals surface area contributed by atoms with Gasteiger partial charge in [0, 0.05) is 18.3 Å². The van der Waals surface area contributed by atoms with Crippen LogP contribution in [0.2, 0.25) is 0 Å². The van der Waals surface area contributed by atoms with Gasteiger partial charge in [0.15, 0.2) is 0 Å². The van der Waals surface area contributed by atoms with Gasteiger partial charge in [-0.15, -0.1) is 0 Å². The summed E-state index contributed by atoms with van der Waals surface area (Å²) >= 11 is 0. The van der Waals surface area contributed by atoms with Gasteiger partial charge in [0.1, 0.15) is 5.69 Å². The number of aliphatic hydroxyl groups excluding tert-OH is 1. The van der Waals surface area contributed by atoms with Gasteiger partial charge in [0.2, 0.25) is 0 Å². The molecule has 130 valence electrons. The molecule has 0 aliphatic carbocycles. The molecule has 5 nitrogen and oxygen atoms in total. The summed E-state index contributed by atoms with van der Waals surface area (Å²) in [5, 5.41) is 16.1. The summed E-state index contributed by atoms with van der Waals surface area (Å²) in [6, 6.07) is 5.48. The predicted octanol–water partition coefficient (Wildman–Crippen LogP) is 2.29. The van der Waals surface area contributed by atoms with Crippen LogP contribution in [-0.2, 0) is 0 Å². The molecular weight excluding hydrogens is 290 g/mol. The van der Waals surface area contributed by atoms with Gasteiger partial charge in [-0.05, 0) is 63.7 Å². The van der Waals surface area contributed by atoms with Crippen LogP contribution in [0.25, 0.3) is 0 Å². The standard InChI is InChI=1S/C18H31N3O2/c1-5-15(12-18(6-2,13-22)10-11-19-4)21-17(23)16-9-7-8-14(3)20-16/h7-9,15,19,22H,5-6,10-13H2,1-4H3,(H,21,23)/t15-,18-/m0/s1. The van der Waals surface area contributed by atoms with Gasteiger partial charge in [-0.25, -0.2) is 4.98 Å². The number of aryl methyl sites for hydroxylation is 1. The molecule has 1 amide bonds. The molecule has 0 spiro atoms. The maximum absolute atomic E-state index is 12.4. The Balaban J connectivity index is 2.76. The lowest BCUT2D eigenvalue weighted by Crippen LogP contribution is -2.41. The highest BCUT2D eigenvalue weighted by atomic mass is 16.3. The van der Waals surface area contributed by atoms with E-state index in [1.54, 1.807) is 6.07 Å². The van der Waals surface area contributed by atoms with E-state index in [4.69, 9.17) is 0 Å². The molecule has 0 bridgehead atoms. The predicted molar refractivity (Wildman–Crippen MR) is 93.5 cm³/mol. The van der Waals surface area contributed by atoms with Crippen LogP contribution in [0.1, 0.15) is 55.7 Å². The monoisotopic (exact) mass is 321 g/mol. The van der Waals surface area contributed by atoms with Crippen molar-refractivity contribution < 1.29 is 9.90 Å². The molecule has 0 aliphatic heterocycles. The zero-order valence-electron chi connectivity index (χ0n) is 14.9. The summed E-state index contributed by atoms with van der Waals surface area (Å²) in [5.41, 5.74) is 1.12. The Morgan fingerprint density at radius 2 is 2.13 bits per heavy atom. The SMILES string of the molecule is CC[C@@H](C[C@@](CC)(CO)CCNC)NC(=O)c1cccc(C)n1. The van der Waals surface area contributed by atoms with E-state index < -0.39 is 0 Å². The lowest BCUT2D eigenvalue weighted by Gasteiger charge is -2.34. The lowest BCUT2D eigenvalue weighted by atomic mass is 9.76. The van der Waals surface area contributed by atoms with Gasteiger partial charge in [0.05, 0.1) is 0 Å². The minimum absolute atomic E-state index is 0.0359. The van der Waals surface area contributed by atoms with E-state index in [0.29, 0.717) is 5.69 Å². The molecule has 1 rings (SSSR count). The number of rotatable bonds is 10. The minimum atomic E-state index is -0.156. The first-order chi connectivity index (χ1) is 11.0. The second kappa shape index (κ2) is 9.63. The molecule has 0 saturated carbocycles. The van der Waals surface area contributed by atoms with Crippen LogP contribution in [0.15, 0.2) is 18.2 Å². The number of carbonyl (C=O) groups is 1. The summed E-state index contributed by atoms with van der Waals surface area (Å²) in [6.07, 6.45) is 3.39. The van der Waals surface area contributed by atoms with E-state index in [1.807, 2.05) is 26.1 Å². The smallest absolute Gasteiger partial charge is 0.270 e. The van der Waals surface area contributed by atoms with Crippen LogP contribution < -0.4 is 10.6 Å². The van der Waals surface area contributed by atoms with Crippen molar-refractivity contribution in [1.82, 2.24) is 15.6 Å². The molecular formula is C18H31N3O2. The molecule has 23 heavy (non-hydrogen) atoms. The number of nitrogens with one attached hydrogen (secondary N) is 2. The highest BCUT2D eigenvalue weighted by molar-refractivity contribution is 5.92. The number of pyridine rings is 1. The molecule has 0 saturated heterocycles. The van der Waals surface area contributed by atoms with Crippen molar-refractivity contribution >= 4 is 5.91 Å². The third-order valence-electron chi connectivity index (χ3n) is 4.62. The molecule has 1 aromatic heterocycles. The van der Waals surface area contributed by atoms with Crippen LogP contribution in [0, 0.1) is 12.3 Å². The van der Waals surface area contributed by atoms with Gasteiger partial charge < -0.3 is 15.7 Å². The number of aromatic nitrogens is 1. The Kier molecular flexibility index (Phi) is 8.20. The number of hydrogen-bond donors (Lipinski definition) is 3. The number of nitrogens with zero attached hydrogens (tertiary/aromatic N) is 1. The van der Waals surface area contributed by atoms with Gasteiger partial charge >= 0.3 is 0 Å². The summed E-state index contributed by atoms with van der Waals surface area (Å²) in [6.45, 7) is 7.03. The van der Waals surface area contributed by atoms with Crippen LogP contribution in [0.3, 0.4) is 0 Å². The van der Waals surface area contributed by atoms with Crippen molar-refractivity contribution in [3.63, 3.8) is 0 Å². The second-order valence-electron chi connectivity index (χ2n) is 6.31. The van der Waals surface area contributed by atoms with Crippen LogP contribution in [-0.4, -0.2) is 42.2 Å². The summed E-state index contributed by atoms with van der Waals surface area (Å²) in [7, 11) is 1.92. The highest BCUT2D eigenvalue weighted by Crippen LogP contribution is 2.32. The Bertz CT molecular complexity index is 487. The summed E-state index contributed by atoms with van der Waals surface area (Å²) in [4.78, 5) is 16.7. The third kappa shape index (κ3) is 5.92. The first-order valence-electron chi connectivity index (χ1n) is 8.50. The van der Waals surface area contributed by atoms with Crippen molar-refractivity contribution in [2.75, 3.05) is 20.2 Å². The lowest BCUT2D eigenvalue weighted by molar-refractivity contribution is 0.0777. The van der Waals surface area contributed by atoms with Crippen LogP contribution >= 0.6 is 0 Å². The van der Waals surface area contributed by atoms with Crippen LogP contribution in [0.5, 0.6) is 0 Å². The molecule has 1 heterocycles. The second-order valence-corrected chi connectivity index (χ2v) is 6.31. The maximum Gasteiger partial charge on any atom is 0.270 e. The minimum Gasteiger partial charge on any atom is -0.396 e. The third-order valence-corrected chi connectivity index (χ3v) is 4.62. The first-order valence-corrected chi connectivity index (χ1v) is 8.50. The molecule has 0 radical (unpaired) electrons. The van der Waals surface area contributed by atoms with E-state index in [0.717, 1.165) is 37.9 Å². The average Bonchev–Trinajstić information content (AvgIpc) is 2.57. The molecule has 1 aromatic rings. The van der Waals surface area contributed by atoms with E-state index in [2.05, 4.69) is 29.5 Å². The number of hydrogen-bond acceptors (Lipinski definition) is 4. The fourth-order valence-corrected chi connectivity index (χ4v) is 2.82. The Hall–Kier alpha value is -1.46. The largest absolute Gasteiger partial charge is 0.396 e. The van der Waals surface area contributed by atoms with Crippen LogP contribution in [0.4, 0.5) is 0 Å². The number of carbonyl (C=O) groups excluding carboxylic acids is 1. The van der Waals surface area contributed by atoms with E-state index >= 15 is 0 Å². The zero-order chi connectivity index (χ0) is 17.3. The van der Waals surface area contributed by atoms with Gasteiger partial charge in [-0.3, -0.25) is 4.79 Å². The Morgan fingerprint density at radius 3 is 2.65 bits per heavy atom. The molecule has 0 unspecified atom stereocenters. The molecule has 2 atom stereocenters. The van der Waals surface area contributed by atoms with Gasteiger partial charge in [0.25, 0.3) is 5.91 Å². The fraction of sp³-hybridized carbons (Fsp3) is 0.667.